The maximum absolute atomic E-state index is 13.1. The lowest BCUT2D eigenvalue weighted by molar-refractivity contribution is 0.0934. The van der Waals surface area contributed by atoms with Crippen molar-refractivity contribution >= 4 is 17.2 Å². The Morgan fingerprint density at radius 3 is 2.69 bits per heavy atom. The molecule has 7 heteroatoms. The molecule has 4 rings (SSSR count). The molecule has 1 atom stereocenters. The molecule has 0 radical (unpaired) electrons. The smallest absolute Gasteiger partial charge is 0.270 e. The van der Waals surface area contributed by atoms with Gasteiger partial charge in [0.15, 0.2) is 5.76 Å². The van der Waals surface area contributed by atoms with Gasteiger partial charge < -0.3 is 14.6 Å². The van der Waals surface area contributed by atoms with Crippen LogP contribution in [-0.4, -0.2) is 41.2 Å². The van der Waals surface area contributed by atoms with Gasteiger partial charge in [0.05, 0.1) is 18.0 Å². The van der Waals surface area contributed by atoms with E-state index in [-0.39, 0.29) is 11.9 Å². The molecule has 0 saturated heterocycles. The molecular formula is C22H22N4O2S. The van der Waals surface area contributed by atoms with Crippen LogP contribution in [0.3, 0.4) is 0 Å². The lowest BCUT2D eigenvalue weighted by atomic mass is 10.1. The van der Waals surface area contributed by atoms with Gasteiger partial charge in [-0.15, -0.1) is 0 Å². The highest BCUT2D eigenvalue weighted by Crippen LogP contribution is 2.23. The molecule has 0 fully saturated rings. The Hall–Kier alpha value is -3.16. The van der Waals surface area contributed by atoms with Crippen LogP contribution in [0.15, 0.2) is 76.0 Å². The molecule has 1 N–H and O–H groups in total. The Kier molecular flexibility index (Phi) is 5.59. The van der Waals surface area contributed by atoms with E-state index in [1.54, 1.807) is 34.4 Å². The number of rotatable bonds is 7. The summed E-state index contributed by atoms with van der Waals surface area (Å²) < 4.78 is 7.12. The normalized spacial score (nSPS) is 12.2. The molecule has 0 aliphatic heterocycles. The first-order chi connectivity index (χ1) is 14.1. The second kappa shape index (κ2) is 8.46. The van der Waals surface area contributed by atoms with Crippen molar-refractivity contribution in [2.75, 3.05) is 20.6 Å². The maximum atomic E-state index is 13.1. The minimum Gasteiger partial charge on any atom is -0.463 e. The Labute approximate surface area is 173 Å². The number of aromatic nitrogens is 2. The standard InChI is InChI=1S/C22H22N4O2S/c1-25(2)20(16-10-12-29-15-16)14-23-22(27)19-13-18(21-9-6-11-28-21)24-26(19)17-7-4-3-5-8-17/h3-13,15,20H,14H2,1-2H3,(H,23,27)/t20-/m0/s1. The van der Waals surface area contributed by atoms with Gasteiger partial charge in [0, 0.05) is 12.6 Å². The number of amides is 1. The first-order valence-electron chi connectivity index (χ1n) is 9.29. The van der Waals surface area contributed by atoms with E-state index in [4.69, 9.17) is 4.42 Å². The van der Waals surface area contributed by atoms with Crippen molar-refractivity contribution in [1.82, 2.24) is 20.0 Å². The summed E-state index contributed by atoms with van der Waals surface area (Å²) in [6.45, 7) is 0.499. The van der Waals surface area contributed by atoms with E-state index in [1.165, 1.54) is 5.56 Å². The van der Waals surface area contributed by atoms with Crippen LogP contribution in [-0.2, 0) is 0 Å². The van der Waals surface area contributed by atoms with Crippen LogP contribution < -0.4 is 5.32 Å². The van der Waals surface area contributed by atoms with Crippen LogP contribution in [0, 0.1) is 0 Å². The summed E-state index contributed by atoms with van der Waals surface area (Å²) in [5.41, 5.74) is 3.09. The lowest BCUT2D eigenvalue weighted by Crippen LogP contribution is -2.35. The number of nitrogens with zero attached hydrogens (tertiary/aromatic N) is 3. The predicted octanol–water partition coefficient (Wildman–Crippen LogP) is 4.23. The molecule has 0 aliphatic rings. The Balaban J connectivity index is 1.62. The third kappa shape index (κ3) is 4.16. The number of benzene rings is 1. The Bertz CT molecular complexity index is 1050. The third-order valence-electron chi connectivity index (χ3n) is 4.72. The zero-order valence-corrected chi connectivity index (χ0v) is 17.1. The zero-order valence-electron chi connectivity index (χ0n) is 16.3. The molecule has 3 aromatic heterocycles. The minimum absolute atomic E-state index is 0.0999. The number of hydrogen-bond donors (Lipinski definition) is 1. The third-order valence-corrected chi connectivity index (χ3v) is 5.43. The zero-order chi connectivity index (χ0) is 20.2. The molecule has 4 aromatic rings. The second-order valence-corrected chi connectivity index (χ2v) is 7.67. The van der Waals surface area contributed by atoms with Crippen molar-refractivity contribution in [3.8, 4) is 17.1 Å². The molecule has 0 saturated carbocycles. The monoisotopic (exact) mass is 406 g/mol. The van der Waals surface area contributed by atoms with E-state index in [2.05, 4.69) is 26.8 Å². The van der Waals surface area contributed by atoms with Gasteiger partial charge in [0.1, 0.15) is 11.4 Å². The summed E-state index contributed by atoms with van der Waals surface area (Å²) in [5.74, 6) is 0.444. The highest BCUT2D eigenvalue weighted by Gasteiger charge is 2.21. The molecule has 29 heavy (non-hydrogen) atoms. The SMILES string of the molecule is CN(C)[C@@H](CNC(=O)c1cc(-c2ccco2)nn1-c1ccccc1)c1ccsc1. The fourth-order valence-corrected chi connectivity index (χ4v) is 3.90. The van der Waals surface area contributed by atoms with E-state index < -0.39 is 0 Å². The predicted molar refractivity (Wildman–Crippen MR) is 114 cm³/mol. The van der Waals surface area contributed by atoms with Crippen LogP contribution in [0.1, 0.15) is 22.1 Å². The number of nitrogens with one attached hydrogen (secondary N) is 1. The van der Waals surface area contributed by atoms with Gasteiger partial charge in [-0.3, -0.25) is 4.79 Å². The van der Waals surface area contributed by atoms with Crippen molar-refractivity contribution in [1.29, 1.82) is 0 Å². The second-order valence-electron chi connectivity index (χ2n) is 6.89. The van der Waals surface area contributed by atoms with Crippen molar-refractivity contribution < 1.29 is 9.21 Å². The quantitative estimate of drug-likeness (QED) is 0.499. The van der Waals surface area contributed by atoms with E-state index >= 15 is 0 Å². The summed E-state index contributed by atoms with van der Waals surface area (Å²) in [7, 11) is 4.02. The van der Waals surface area contributed by atoms with E-state index in [9.17, 15) is 4.79 Å². The van der Waals surface area contributed by atoms with Gasteiger partial charge in [-0.2, -0.15) is 16.4 Å². The number of carbonyl (C=O) groups excluding carboxylic acids is 1. The Morgan fingerprint density at radius 1 is 1.21 bits per heavy atom. The van der Waals surface area contributed by atoms with Crippen LogP contribution >= 0.6 is 11.3 Å². The van der Waals surface area contributed by atoms with Crippen LogP contribution in [0.25, 0.3) is 17.1 Å². The minimum atomic E-state index is -0.179. The van der Waals surface area contributed by atoms with Gasteiger partial charge in [0.2, 0.25) is 0 Å². The van der Waals surface area contributed by atoms with Gasteiger partial charge in [0.25, 0.3) is 5.91 Å². The van der Waals surface area contributed by atoms with Crippen molar-refractivity contribution in [2.24, 2.45) is 0 Å². The van der Waals surface area contributed by atoms with Crippen molar-refractivity contribution in [2.45, 2.75) is 6.04 Å². The van der Waals surface area contributed by atoms with Crippen molar-refractivity contribution in [3.05, 3.63) is 82.9 Å². The summed E-state index contributed by atoms with van der Waals surface area (Å²) in [4.78, 5) is 15.2. The first-order valence-corrected chi connectivity index (χ1v) is 10.2. The van der Waals surface area contributed by atoms with Crippen LogP contribution in [0.5, 0.6) is 0 Å². The summed E-state index contributed by atoms with van der Waals surface area (Å²) in [5, 5.41) is 11.8. The molecule has 6 nitrogen and oxygen atoms in total. The van der Waals surface area contributed by atoms with E-state index in [1.807, 2.05) is 55.9 Å². The Morgan fingerprint density at radius 2 is 2.03 bits per heavy atom. The fraction of sp³-hybridized carbons (Fsp3) is 0.182. The number of hydrogen-bond acceptors (Lipinski definition) is 5. The number of furan rings is 1. The number of thiophene rings is 1. The van der Waals surface area contributed by atoms with E-state index in [0.29, 0.717) is 23.7 Å². The topological polar surface area (TPSA) is 63.3 Å². The van der Waals surface area contributed by atoms with Gasteiger partial charge >= 0.3 is 0 Å². The summed E-state index contributed by atoms with van der Waals surface area (Å²) in [6, 6.07) is 17.2. The van der Waals surface area contributed by atoms with Gasteiger partial charge in [-0.1, -0.05) is 18.2 Å². The highest BCUT2D eigenvalue weighted by molar-refractivity contribution is 7.07. The van der Waals surface area contributed by atoms with Gasteiger partial charge in [-0.05, 0) is 60.8 Å². The van der Waals surface area contributed by atoms with Crippen LogP contribution in [0.2, 0.25) is 0 Å². The molecule has 1 amide bonds. The first kappa shape index (κ1) is 19.2. The molecule has 0 aliphatic carbocycles. The summed E-state index contributed by atoms with van der Waals surface area (Å²) >= 11 is 1.65. The fourth-order valence-electron chi connectivity index (χ4n) is 3.20. The van der Waals surface area contributed by atoms with Crippen LogP contribution in [0.4, 0.5) is 0 Å². The molecule has 1 aromatic carbocycles. The average molecular weight is 407 g/mol. The molecular weight excluding hydrogens is 384 g/mol. The van der Waals surface area contributed by atoms with E-state index in [0.717, 1.165) is 5.69 Å². The highest BCUT2D eigenvalue weighted by atomic mass is 32.1. The molecule has 0 unspecified atom stereocenters. The summed E-state index contributed by atoms with van der Waals surface area (Å²) in [6.07, 6.45) is 1.60. The number of para-hydroxylation sites is 1. The van der Waals surface area contributed by atoms with Gasteiger partial charge in [-0.25, -0.2) is 4.68 Å². The average Bonchev–Trinajstić information content (AvgIpc) is 3.49. The number of likely N-dealkylation sites (N-methyl/N-ethyl adjacent to an activating group) is 1. The molecule has 3 heterocycles. The maximum Gasteiger partial charge on any atom is 0.270 e. The van der Waals surface area contributed by atoms with Crippen molar-refractivity contribution in [3.63, 3.8) is 0 Å². The largest absolute Gasteiger partial charge is 0.463 e. The lowest BCUT2D eigenvalue weighted by Gasteiger charge is -2.24. The molecule has 0 spiro atoms. The molecule has 148 valence electrons. The number of carbonyl (C=O) groups is 1. The molecule has 0 bridgehead atoms.